The van der Waals surface area contributed by atoms with E-state index in [9.17, 15) is 13.4 Å². The van der Waals surface area contributed by atoms with Gasteiger partial charge in [0, 0.05) is 5.56 Å². The van der Waals surface area contributed by atoms with E-state index in [0.29, 0.717) is 5.56 Å². The smallest absolute Gasteiger partial charge is 0.178 e. The number of benzene rings is 2. The van der Waals surface area contributed by atoms with Gasteiger partial charge in [0.15, 0.2) is 5.78 Å². The van der Waals surface area contributed by atoms with Gasteiger partial charge >= 0.3 is 0 Å². The molecule has 0 aromatic heterocycles. The summed E-state index contributed by atoms with van der Waals surface area (Å²) in [5, 5.41) is -0.783. The Morgan fingerprint density at radius 2 is 1.76 bits per heavy atom. The maximum Gasteiger partial charge on any atom is 0.178 e. The molecule has 2 unspecified atom stereocenters. The highest BCUT2D eigenvalue weighted by Gasteiger charge is 2.24. The first-order valence-corrected chi connectivity index (χ1v) is 8.04. The highest BCUT2D eigenvalue weighted by atomic mass is 32.2. The summed E-state index contributed by atoms with van der Waals surface area (Å²) in [4.78, 5) is 12.4. The van der Waals surface area contributed by atoms with Crippen LogP contribution >= 0.6 is 0 Å². The van der Waals surface area contributed by atoms with Crippen LogP contribution in [0.3, 0.4) is 0 Å². The average molecular weight is 304 g/mol. The van der Waals surface area contributed by atoms with Crippen LogP contribution in [0, 0.1) is 5.82 Å². The molecule has 2 aromatic carbocycles. The number of hydrogen-bond donors (Lipinski definition) is 0. The van der Waals surface area contributed by atoms with E-state index < -0.39 is 21.9 Å². The molecule has 0 amide bonds. The molecule has 0 N–H and O–H groups in total. The minimum atomic E-state index is -1.70. The van der Waals surface area contributed by atoms with Crippen LogP contribution in [0.5, 0.6) is 0 Å². The lowest BCUT2D eigenvalue weighted by molar-refractivity contribution is 0.0992. The zero-order valence-electron chi connectivity index (χ0n) is 12.0. The quantitative estimate of drug-likeness (QED) is 0.788. The lowest BCUT2D eigenvalue weighted by Gasteiger charge is -2.11. The molecule has 0 saturated heterocycles. The maximum absolute atomic E-state index is 13.7. The molecular formula is C17H17FO2S. The second-order valence-corrected chi connectivity index (χ2v) is 6.53. The molecule has 2 atom stereocenters. The summed E-state index contributed by atoms with van der Waals surface area (Å²) in [7, 11) is -1.70. The minimum absolute atomic E-state index is 0.0727. The molecule has 2 aromatic rings. The van der Waals surface area contributed by atoms with Gasteiger partial charge in [-0.3, -0.25) is 9.00 Å². The summed E-state index contributed by atoms with van der Waals surface area (Å²) in [5.74, 6) is -0.781. The molecule has 0 bridgehead atoms. The fourth-order valence-corrected chi connectivity index (χ4v) is 3.22. The monoisotopic (exact) mass is 304 g/mol. The van der Waals surface area contributed by atoms with Gasteiger partial charge in [-0.2, -0.15) is 0 Å². The summed E-state index contributed by atoms with van der Waals surface area (Å²) in [6.07, 6.45) is 0.894. The molecule has 0 spiro atoms. The largest absolute Gasteiger partial charge is 0.293 e. The van der Waals surface area contributed by atoms with Gasteiger partial charge in [0.1, 0.15) is 5.82 Å². The number of halogens is 1. The van der Waals surface area contributed by atoms with Crippen molar-refractivity contribution in [3.8, 4) is 0 Å². The number of carbonyl (C=O) groups is 1. The number of rotatable bonds is 5. The van der Waals surface area contributed by atoms with Gasteiger partial charge in [-0.1, -0.05) is 43.3 Å². The van der Waals surface area contributed by atoms with Crippen LogP contribution in [-0.2, 0) is 17.2 Å². The fraction of sp³-hybridized carbons (Fsp3) is 0.235. The molecule has 0 radical (unpaired) electrons. The van der Waals surface area contributed by atoms with Crippen molar-refractivity contribution in [2.75, 3.05) is 0 Å². The first-order valence-electron chi connectivity index (χ1n) is 6.83. The van der Waals surface area contributed by atoms with E-state index in [1.165, 1.54) is 18.2 Å². The second-order valence-electron chi connectivity index (χ2n) is 4.78. The Balaban J connectivity index is 2.22. The van der Waals surface area contributed by atoms with E-state index in [-0.39, 0.29) is 10.7 Å². The molecule has 0 aliphatic rings. The first-order chi connectivity index (χ1) is 10.0. The molecule has 0 aliphatic carbocycles. The predicted octanol–water partition coefficient (Wildman–Crippen LogP) is 3.77. The van der Waals surface area contributed by atoms with Crippen LogP contribution in [0.15, 0.2) is 53.4 Å². The highest BCUT2D eigenvalue weighted by Crippen LogP contribution is 2.18. The summed E-state index contributed by atoms with van der Waals surface area (Å²) >= 11 is 0. The molecule has 0 fully saturated rings. The van der Waals surface area contributed by atoms with Crippen molar-refractivity contribution in [3.63, 3.8) is 0 Å². The first kappa shape index (κ1) is 15.6. The van der Waals surface area contributed by atoms with Crippen molar-refractivity contribution in [1.29, 1.82) is 0 Å². The number of carbonyl (C=O) groups excluding carboxylic acids is 1. The van der Waals surface area contributed by atoms with E-state index in [4.69, 9.17) is 0 Å². The number of ketones is 1. The normalized spacial score (nSPS) is 13.7. The molecule has 2 rings (SSSR count). The van der Waals surface area contributed by atoms with Crippen LogP contribution in [0.25, 0.3) is 0 Å². The lowest BCUT2D eigenvalue weighted by atomic mass is 10.1. The van der Waals surface area contributed by atoms with Gasteiger partial charge in [0.2, 0.25) is 0 Å². The lowest BCUT2D eigenvalue weighted by Crippen LogP contribution is -2.23. The third-order valence-electron chi connectivity index (χ3n) is 3.39. The van der Waals surface area contributed by atoms with Crippen LogP contribution in [0.2, 0.25) is 0 Å². The predicted molar refractivity (Wildman–Crippen MR) is 82.4 cm³/mol. The zero-order valence-corrected chi connectivity index (χ0v) is 12.8. The van der Waals surface area contributed by atoms with E-state index in [0.717, 1.165) is 12.0 Å². The molecule has 2 nitrogen and oxygen atoms in total. The standard InChI is InChI=1S/C17H17FO2S/c1-3-13-8-10-14(11-9-13)17(19)12(2)21(20)16-7-5-4-6-15(16)18/h4-12H,3H2,1-2H3. The van der Waals surface area contributed by atoms with Gasteiger partial charge in [0.25, 0.3) is 0 Å². The molecule has 4 heteroatoms. The Bertz CT molecular complexity index is 665. The Labute approximate surface area is 126 Å². The Hall–Kier alpha value is -1.81. The molecule has 0 saturated carbocycles. The van der Waals surface area contributed by atoms with Crippen molar-refractivity contribution in [2.24, 2.45) is 0 Å². The van der Waals surface area contributed by atoms with Crippen LogP contribution in [0.4, 0.5) is 4.39 Å². The van der Waals surface area contributed by atoms with Gasteiger partial charge in [0.05, 0.1) is 20.9 Å². The van der Waals surface area contributed by atoms with Crippen molar-refractivity contribution in [2.45, 2.75) is 30.4 Å². The third-order valence-corrected chi connectivity index (χ3v) is 5.01. The van der Waals surface area contributed by atoms with Gasteiger partial charge in [-0.05, 0) is 31.0 Å². The molecular weight excluding hydrogens is 287 g/mol. The van der Waals surface area contributed by atoms with Gasteiger partial charge in [-0.15, -0.1) is 0 Å². The van der Waals surface area contributed by atoms with Crippen molar-refractivity contribution in [1.82, 2.24) is 0 Å². The second kappa shape index (κ2) is 6.76. The minimum Gasteiger partial charge on any atom is -0.293 e. The number of Topliss-reactive ketones (excluding diaryl/α,β-unsaturated/α-hetero) is 1. The van der Waals surface area contributed by atoms with Crippen molar-refractivity contribution >= 4 is 16.6 Å². The molecule has 110 valence electrons. The SMILES string of the molecule is CCc1ccc(C(=O)C(C)S(=O)c2ccccc2F)cc1. The van der Waals surface area contributed by atoms with Crippen LogP contribution < -0.4 is 0 Å². The Morgan fingerprint density at radius 1 is 1.14 bits per heavy atom. The molecule has 0 aliphatic heterocycles. The number of aryl methyl sites for hydroxylation is 1. The number of hydrogen-bond acceptors (Lipinski definition) is 2. The van der Waals surface area contributed by atoms with Gasteiger partial charge < -0.3 is 0 Å². The van der Waals surface area contributed by atoms with E-state index in [1.54, 1.807) is 25.1 Å². The summed E-state index contributed by atoms with van der Waals surface area (Å²) in [5.41, 5.74) is 1.64. The fourth-order valence-electron chi connectivity index (χ4n) is 2.03. The van der Waals surface area contributed by atoms with Crippen LogP contribution in [0.1, 0.15) is 29.8 Å². The van der Waals surface area contributed by atoms with E-state index >= 15 is 0 Å². The molecule has 0 heterocycles. The highest BCUT2D eigenvalue weighted by molar-refractivity contribution is 7.86. The maximum atomic E-state index is 13.7. The van der Waals surface area contributed by atoms with E-state index in [1.807, 2.05) is 19.1 Å². The molecule has 21 heavy (non-hydrogen) atoms. The van der Waals surface area contributed by atoms with E-state index in [2.05, 4.69) is 0 Å². The van der Waals surface area contributed by atoms with Gasteiger partial charge in [-0.25, -0.2) is 4.39 Å². The van der Waals surface area contributed by atoms with Crippen LogP contribution in [-0.4, -0.2) is 15.2 Å². The summed E-state index contributed by atoms with van der Waals surface area (Å²) < 4.78 is 26.0. The topological polar surface area (TPSA) is 34.1 Å². The Kier molecular flexibility index (Phi) is 5.02. The van der Waals surface area contributed by atoms with Crippen molar-refractivity contribution < 1.29 is 13.4 Å². The average Bonchev–Trinajstić information content (AvgIpc) is 2.53. The summed E-state index contributed by atoms with van der Waals surface area (Å²) in [6, 6.07) is 13.1. The third kappa shape index (κ3) is 3.45. The zero-order chi connectivity index (χ0) is 15.4. The summed E-state index contributed by atoms with van der Waals surface area (Å²) in [6.45, 7) is 3.60. The van der Waals surface area contributed by atoms with Crippen molar-refractivity contribution in [3.05, 3.63) is 65.5 Å². The Morgan fingerprint density at radius 3 is 2.33 bits per heavy atom.